The Kier molecular flexibility index (Phi) is 7.90. The highest BCUT2D eigenvalue weighted by Crippen LogP contribution is 2.55. The van der Waals surface area contributed by atoms with Crippen molar-refractivity contribution < 1.29 is 19.1 Å². The number of ketones is 2. The molecule has 0 spiro atoms. The van der Waals surface area contributed by atoms with E-state index in [1.54, 1.807) is 7.11 Å². The molecule has 0 aromatic heterocycles. The summed E-state index contributed by atoms with van der Waals surface area (Å²) in [5.41, 5.74) is 5.34. The zero-order valence-electron chi connectivity index (χ0n) is 24.1. The molecule has 1 aliphatic heterocycles. The van der Waals surface area contributed by atoms with E-state index >= 15 is 0 Å². The lowest BCUT2D eigenvalue weighted by Gasteiger charge is -2.49. The van der Waals surface area contributed by atoms with Gasteiger partial charge in [-0.15, -0.1) is 0 Å². The first-order chi connectivity index (χ1) is 18.8. The zero-order valence-corrected chi connectivity index (χ0v) is 27.0. The average Bonchev–Trinajstić information content (AvgIpc) is 2.86. The number of hydrogen-bond acceptors (Lipinski definition) is 5. The van der Waals surface area contributed by atoms with E-state index in [1.165, 1.54) is 0 Å². The Morgan fingerprint density at radius 2 is 1.48 bits per heavy atom. The molecular weight excluding hydrogens is 637 g/mol. The number of carbonyl (C=O) groups excluding carboxylic acids is 2. The highest BCUT2D eigenvalue weighted by atomic mass is 127. The second-order valence-electron chi connectivity index (χ2n) is 12.7. The molecule has 0 unspecified atom stereocenters. The molecule has 5 rings (SSSR count). The maximum absolute atomic E-state index is 13.9. The molecule has 0 amide bonds. The maximum Gasteiger partial charge on any atom is 0.174 e. The minimum Gasteiger partial charge on any atom is -0.493 e. The number of allylic oxidation sites excluding steroid dienone is 4. The molecule has 212 valence electrons. The van der Waals surface area contributed by atoms with Crippen molar-refractivity contribution in [2.75, 3.05) is 13.7 Å². The van der Waals surface area contributed by atoms with Gasteiger partial charge < -0.3 is 14.4 Å². The normalized spacial score (nSPS) is 20.4. The molecule has 0 bridgehead atoms. The number of nitrogens with zero attached hydrogens (tertiary/aromatic N) is 1. The van der Waals surface area contributed by atoms with Gasteiger partial charge in [0.15, 0.2) is 23.1 Å². The third kappa shape index (κ3) is 5.46. The van der Waals surface area contributed by atoms with Gasteiger partial charge in [-0.25, -0.2) is 0 Å². The van der Waals surface area contributed by atoms with Gasteiger partial charge in [-0.1, -0.05) is 51.4 Å². The Balaban J connectivity index is 1.64. The van der Waals surface area contributed by atoms with Crippen molar-refractivity contribution in [1.82, 2.24) is 4.90 Å². The molecular formula is C33H37ClINO4. The smallest absolute Gasteiger partial charge is 0.174 e. The Morgan fingerprint density at radius 3 is 1.98 bits per heavy atom. The summed E-state index contributed by atoms with van der Waals surface area (Å²) in [6.07, 6.45) is 2.55. The van der Waals surface area contributed by atoms with Gasteiger partial charge in [-0.2, -0.15) is 0 Å². The minimum atomic E-state index is -0.410. The topological polar surface area (TPSA) is 55.8 Å². The molecule has 0 N–H and O–H groups in total. The highest BCUT2D eigenvalue weighted by Gasteiger charge is 2.48. The fourth-order valence-corrected chi connectivity index (χ4v) is 7.45. The van der Waals surface area contributed by atoms with Crippen LogP contribution >= 0.6 is 34.2 Å². The summed E-state index contributed by atoms with van der Waals surface area (Å²) in [5, 5.41) is 0.679. The maximum atomic E-state index is 13.9. The lowest BCUT2D eigenvalue weighted by Crippen LogP contribution is -2.44. The van der Waals surface area contributed by atoms with E-state index in [9.17, 15) is 9.59 Å². The average molecular weight is 674 g/mol. The van der Waals surface area contributed by atoms with Crippen LogP contribution in [0.4, 0.5) is 0 Å². The van der Waals surface area contributed by atoms with Crippen LogP contribution in [0.15, 0.2) is 58.9 Å². The molecule has 0 saturated carbocycles. The van der Waals surface area contributed by atoms with E-state index in [2.05, 4.69) is 68.2 Å². The first-order valence-corrected chi connectivity index (χ1v) is 15.3. The number of rotatable bonds is 6. The van der Waals surface area contributed by atoms with Crippen LogP contribution in [0.1, 0.15) is 77.3 Å². The number of Topliss-reactive ketones (excluding diaryl/α,β-unsaturated/α-hetero) is 2. The predicted molar refractivity (Wildman–Crippen MR) is 167 cm³/mol. The van der Waals surface area contributed by atoms with Crippen molar-refractivity contribution >= 4 is 45.8 Å². The number of benzene rings is 2. The minimum absolute atomic E-state index is 0.133. The standard InChI is InChI=1S/C33H37ClINO4/c1-7-36-23-14-32(2,3)16-25(37)29(23)28(30-24(36)15-33(4,5)17-26(30)38)20-12-22(35)31(27(13-20)39-6)40-18-19-8-10-21(34)11-9-19/h8-13,28H,7,14-18H2,1-6H3. The van der Waals surface area contributed by atoms with E-state index < -0.39 is 5.92 Å². The van der Waals surface area contributed by atoms with E-state index in [0.29, 0.717) is 36.0 Å². The summed E-state index contributed by atoms with van der Waals surface area (Å²) >= 11 is 8.31. The molecule has 0 saturated heterocycles. The van der Waals surface area contributed by atoms with Crippen LogP contribution in [-0.2, 0) is 16.2 Å². The number of carbonyl (C=O) groups is 2. The number of ether oxygens (including phenoxy) is 2. The Hall–Kier alpha value is -2.32. The first kappa shape index (κ1) is 29.2. The first-order valence-electron chi connectivity index (χ1n) is 13.9. The summed E-state index contributed by atoms with van der Waals surface area (Å²) in [4.78, 5) is 30.1. The summed E-state index contributed by atoms with van der Waals surface area (Å²) in [6, 6.07) is 11.6. The zero-order chi connectivity index (χ0) is 29.0. The van der Waals surface area contributed by atoms with Gasteiger partial charge in [0.1, 0.15) is 6.61 Å². The summed E-state index contributed by atoms with van der Waals surface area (Å²) in [5.74, 6) is 1.09. The SMILES string of the molecule is CCN1C2=C(C(=O)CC(C)(C)C2)C(c2cc(I)c(OCc3ccc(Cl)cc3)c(OC)c2)C2=C1CC(C)(C)CC2=O. The second kappa shape index (κ2) is 10.8. The van der Waals surface area contributed by atoms with Crippen molar-refractivity contribution in [3.05, 3.63) is 78.7 Å². The second-order valence-corrected chi connectivity index (χ2v) is 14.3. The van der Waals surface area contributed by atoms with Crippen LogP contribution in [0.25, 0.3) is 0 Å². The van der Waals surface area contributed by atoms with Gasteiger partial charge in [0.25, 0.3) is 0 Å². The van der Waals surface area contributed by atoms with E-state index in [0.717, 1.165) is 56.6 Å². The molecule has 7 heteroatoms. The van der Waals surface area contributed by atoms with Crippen molar-refractivity contribution in [3.8, 4) is 11.5 Å². The van der Waals surface area contributed by atoms with Crippen molar-refractivity contribution in [3.63, 3.8) is 0 Å². The molecule has 2 aromatic rings. The Morgan fingerprint density at radius 1 is 0.925 bits per heavy atom. The number of methoxy groups -OCH3 is 1. The molecule has 0 fully saturated rings. The fourth-order valence-electron chi connectivity index (χ4n) is 6.55. The van der Waals surface area contributed by atoms with Crippen molar-refractivity contribution in [1.29, 1.82) is 0 Å². The van der Waals surface area contributed by atoms with Crippen LogP contribution in [0.5, 0.6) is 11.5 Å². The third-order valence-electron chi connectivity index (χ3n) is 8.22. The van der Waals surface area contributed by atoms with Crippen molar-refractivity contribution in [2.24, 2.45) is 10.8 Å². The van der Waals surface area contributed by atoms with Gasteiger partial charge in [0.05, 0.1) is 10.7 Å². The lowest BCUT2D eigenvalue weighted by molar-refractivity contribution is -0.119. The van der Waals surface area contributed by atoms with E-state index in [-0.39, 0.29) is 22.4 Å². The monoisotopic (exact) mass is 673 g/mol. The molecule has 2 aliphatic carbocycles. The summed E-state index contributed by atoms with van der Waals surface area (Å²) in [7, 11) is 1.63. The molecule has 0 radical (unpaired) electrons. The largest absolute Gasteiger partial charge is 0.493 e. The molecule has 3 aliphatic rings. The van der Waals surface area contributed by atoms with Crippen LogP contribution in [0.3, 0.4) is 0 Å². The van der Waals surface area contributed by atoms with Crippen LogP contribution in [0.2, 0.25) is 5.02 Å². The molecule has 2 aromatic carbocycles. The molecule has 5 nitrogen and oxygen atoms in total. The van der Waals surface area contributed by atoms with Gasteiger partial charge in [-0.3, -0.25) is 9.59 Å². The van der Waals surface area contributed by atoms with Crippen molar-refractivity contribution in [2.45, 2.75) is 72.8 Å². The predicted octanol–water partition coefficient (Wildman–Crippen LogP) is 8.24. The summed E-state index contributed by atoms with van der Waals surface area (Å²) < 4.78 is 12.9. The number of halogens is 2. The van der Waals surface area contributed by atoms with Gasteiger partial charge in [-0.05, 0) is 88.6 Å². The van der Waals surface area contributed by atoms with Gasteiger partial charge in [0.2, 0.25) is 0 Å². The lowest BCUT2D eigenvalue weighted by atomic mass is 9.63. The summed E-state index contributed by atoms with van der Waals surface area (Å²) in [6.45, 7) is 11.9. The van der Waals surface area contributed by atoms with Crippen LogP contribution in [-0.4, -0.2) is 30.1 Å². The van der Waals surface area contributed by atoms with E-state index in [4.69, 9.17) is 21.1 Å². The Bertz CT molecular complexity index is 1380. The molecule has 40 heavy (non-hydrogen) atoms. The fraction of sp³-hybridized carbons (Fsp3) is 0.455. The van der Waals surface area contributed by atoms with E-state index in [1.807, 2.05) is 30.3 Å². The van der Waals surface area contributed by atoms with Gasteiger partial charge >= 0.3 is 0 Å². The quantitative estimate of drug-likeness (QED) is 0.289. The van der Waals surface area contributed by atoms with Gasteiger partial charge in [0, 0.05) is 52.9 Å². The third-order valence-corrected chi connectivity index (χ3v) is 9.27. The molecule has 1 heterocycles. The van der Waals surface area contributed by atoms with Crippen LogP contribution < -0.4 is 9.47 Å². The van der Waals surface area contributed by atoms with Crippen LogP contribution in [0, 0.1) is 14.4 Å². The Labute approximate surface area is 256 Å². The highest BCUT2D eigenvalue weighted by molar-refractivity contribution is 14.1. The number of hydrogen-bond donors (Lipinski definition) is 0. The molecule has 0 atom stereocenters.